The quantitative estimate of drug-likeness (QED) is 0.846. The van der Waals surface area contributed by atoms with Crippen LogP contribution in [0.25, 0.3) is 0 Å². The van der Waals surface area contributed by atoms with Gasteiger partial charge in [0.25, 0.3) is 0 Å². The highest BCUT2D eigenvalue weighted by Crippen LogP contribution is 2.27. The summed E-state index contributed by atoms with van der Waals surface area (Å²) in [6, 6.07) is 0. The monoisotopic (exact) mass is 228 g/mol. The molecule has 0 radical (unpaired) electrons. The molecule has 1 unspecified atom stereocenters. The number of aromatic nitrogens is 2. The maximum Gasteiger partial charge on any atom is 0.394 e. The van der Waals surface area contributed by atoms with Gasteiger partial charge in [0.15, 0.2) is 5.82 Å². The number of carbonyl (C=O) groups is 1. The summed E-state index contributed by atoms with van der Waals surface area (Å²) in [5.41, 5.74) is 0. The molecule has 0 aliphatic carbocycles. The lowest BCUT2D eigenvalue weighted by Gasteiger charge is -2.19. The van der Waals surface area contributed by atoms with Crippen LogP contribution in [0.3, 0.4) is 0 Å². The van der Waals surface area contributed by atoms with E-state index in [-0.39, 0.29) is 5.89 Å². The molecule has 2 heterocycles. The Bertz CT molecular complexity index is 347. The van der Waals surface area contributed by atoms with Crippen LogP contribution in [-0.4, -0.2) is 32.2 Å². The van der Waals surface area contributed by atoms with E-state index in [2.05, 4.69) is 14.7 Å². The number of thioether (sulfide) groups is 1. The van der Waals surface area contributed by atoms with Crippen molar-refractivity contribution < 1.29 is 14.4 Å². The van der Waals surface area contributed by atoms with E-state index in [4.69, 9.17) is 5.11 Å². The Morgan fingerprint density at radius 3 is 3.07 bits per heavy atom. The molecule has 0 bridgehead atoms. The lowest BCUT2D eigenvalue weighted by molar-refractivity contribution is 0.0643. The average Bonchev–Trinajstić information content (AvgIpc) is 2.68. The van der Waals surface area contributed by atoms with E-state index in [9.17, 15) is 4.79 Å². The topological polar surface area (TPSA) is 76.2 Å². The van der Waals surface area contributed by atoms with Crippen LogP contribution in [-0.2, 0) is 6.42 Å². The van der Waals surface area contributed by atoms with Gasteiger partial charge in [-0.05, 0) is 18.6 Å². The molecule has 1 aromatic rings. The van der Waals surface area contributed by atoms with Crippen molar-refractivity contribution in [1.29, 1.82) is 0 Å². The second-order valence-electron chi connectivity index (χ2n) is 3.51. The highest BCUT2D eigenvalue weighted by Gasteiger charge is 2.19. The molecule has 82 valence electrons. The van der Waals surface area contributed by atoms with Gasteiger partial charge >= 0.3 is 11.9 Å². The highest BCUT2D eigenvalue weighted by atomic mass is 32.2. The van der Waals surface area contributed by atoms with Crippen molar-refractivity contribution >= 4 is 17.7 Å². The summed E-state index contributed by atoms with van der Waals surface area (Å²) in [5, 5.41) is 12.8. The molecule has 15 heavy (non-hydrogen) atoms. The van der Waals surface area contributed by atoms with E-state index in [0.717, 1.165) is 6.42 Å². The molecule has 1 fully saturated rings. The fourth-order valence-corrected chi connectivity index (χ4v) is 2.90. The van der Waals surface area contributed by atoms with E-state index >= 15 is 0 Å². The second kappa shape index (κ2) is 4.65. The third-order valence-electron chi connectivity index (χ3n) is 2.34. The molecule has 1 atom stereocenters. The molecule has 0 spiro atoms. The standard InChI is InChI=1S/C9H12N2O3S/c12-9(13)8-10-7(11-14-8)5-6-3-1-2-4-15-6/h6H,1-5H2,(H,12,13). The Morgan fingerprint density at radius 1 is 1.60 bits per heavy atom. The van der Waals surface area contributed by atoms with Gasteiger partial charge in [0.1, 0.15) is 0 Å². The Balaban J connectivity index is 1.94. The summed E-state index contributed by atoms with van der Waals surface area (Å²) in [4.78, 5) is 14.3. The van der Waals surface area contributed by atoms with Crippen LogP contribution in [0.4, 0.5) is 0 Å². The molecule has 2 rings (SSSR count). The number of hydrogen-bond acceptors (Lipinski definition) is 5. The van der Waals surface area contributed by atoms with Crippen LogP contribution in [0.15, 0.2) is 4.52 Å². The molecule has 1 aliphatic rings. The zero-order valence-electron chi connectivity index (χ0n) is 8.18. The van der Waals surface area contributed by atoms with Gasteiger partial charge < -0.3 is 9.63 Å². The summed E-state index contributed by atoms with van der Waals surface area (Å²) in [7, 11) is 0. The van der Waals surface area contributed by atoms with E-state index < -0.39 is 5.97 Å². The number of carboxylic acids is 1. The molecular weight excluding hydrogens is 216 g/mol. The molecule has 1 N–H and O–H groups in total. The van der Waals surface area contributed by atoms with Gasteiger partial charge in [-0.25, -0.2) is 4.79 Å². The van der Waals surface area contributed by atoms with Crippen molar-refractivity contribution in [3.63, 3.8) is 0 Å². The Labute approximate surface area is 91.2 Å². The maximum absolute atomic E-state index is 10.5. The van der Waals surface area contributed by atoms with Crippen molar-refractivity contribution in [2.75, 3.05) is 5.75 Å². The van der Waals surface area contributed by atoms with Crippen LogP contribution >= 0.6 is 11.8 Å². The van der Waals surface area contributed by atoms with E-state index in [0.29, 0.717) is 17.5 Å². The first-order valence-corrected chi connectivity index (χ1v) is 5.98. The van der Waals surface area contributed by atoms with Crippen molar-refractivity contribution in [3.8, 4) is 0 Å². The first-order valence-electron chi connectivity index (χ1n) is 4.93. The number of rotatable bonds is 3. The van der Waals surface area contributed by atoms with Gasteiger partial charge in [-0.3, -0.25) is 0 Å². The smallest absolute Gasteiger partial charge is 0.394 e. The molecule has 0 amide bonds. The van der Waals surface area contributed by atoms with Crippen LogP contribution in [0.5, 0.6) is 0 Å². The Kier molecular flexibility index (Phi) is 3.25. The zero-order chi connectivity index (χ0) is 10.7. The molecule has 1 aliphatic heterocycles. The van der Waals surface area contributed by atoms with Crippen LogP contribution in [0, 0.1) is 0 Å². The van der Waals surface area contributed by atoms with Gasteiger partial charge in [-0.2, -0.15) is 16.7 Å². The molecule has 0 aromatic carbocycles. The van der Waals surface area contributed by atoms with Gasteiger partial charge in [0, 0.05) is 11.7 Å². The molecular formula is C9H12N2O3S. The second-order valence-corrected chi connectivity index (χ2v) is 4.92. The lowest BCUT2D eigenvalue weighted by atomic mass is 10.1. The average molecular weight is 228 g/mol. The third-order valence-corrected chi connectivity index (χ3v) is 3.73. The minimum absolute atomic E-state index is 0.314. The summed E-state index contributed by atoms with van der Waals surface area (Å²) < 4.78 is 4.60. The largest absolute Gasteiger partial charge is 0.474 e. The predicted molar refractivity (Wildman–Crippen MR) is 55.1 cm³/mol. The molecule has 6 heteroatoms. The van der Waals surface area contributed by atoms with Gasteiger partial charge in [0.05, 0.1) is 0 Å². The van der Waals surface area contributed by atoms with Crippen LogP contribution in [0.2, 0.25) is 0 Å². The van der Waals surface area contributed by atoms with Crippen molar-refractivity contribution in [2.45, 2.75) is 30.9 Å². The summed E-state index contributed by atoms with van der Waals surface area (Å²) in [6.07, 6.45) is 4.37. The number of aromatic carboxylic acids is 1. The minimum Gasteiger partial charge on any atom is -0.474 e. The van der Waals surface area contributed by atoms with E-state index in [1.165, 1.54) is 18.6 Å². The van der Waals surface area contributed by atoms with Gasteiger partial charge in [0.2, 0.25) is 0 Å². The predicted octanol–water partition coefficient (Wildman–Crippen LogP) is 1.60. The van der Waals surface area contributed by atoms with Crippen molar-refractivity contribution in [3.05, 3.63) is 11.7 Å². The number of carboxylic acid groups (broad SMARTS) is 1. The highest BCUT2D eigenvalue weighted by molar-refractivity contribution is 7.99. The molecule has 5 nitrogen and oxygen atoms in total. The Morgan fingerprint density at radius 2 is 2.47 bits per heavy atom. The molecule has 1 saturated heterocycles. The first kappa shape index (κ1) is 10.5. The SMILES string of the molecule is O=C(O)c1nc(CC2CCCCS2)no1. The normalized spacial score (nSPS) is 21.5. The molecule has 1 aromatic heterocycles. The first-order chi connectivity index (χ1) is 7.25. The summed E-state index contributed by atoms with van der Waals surface area (Å²) in [6.45, 7) is 0. The van der Waals surface area contributed by atoms with Crippen LogP contribution < -0.4 is 0 Å². The zero-order valence-corrected chi connectivity index (χ0v) is 9.00. The number of nitrogens with zero attached hydrogens (tertiary/aromatic N) is 2. The lowest BCUT2D eigenvalue weighted by Crippen LogP contribution is -2.13. The van der Waals surface area contributed by atoms with E-state index in [1.54, 1.807) is 0 Å². The van der Waals surface area contributed by atoms with E-state index in [1.807, 2.05) is 11.8 Å². The van der Waals surface area contributed by atoms with Gasteiger partial charge in [-0.15, -0.1) is 0 Å². The molecule has 0 saturated carbocycles. The fourth-order valence-electron chi connectivity index (χ4n) is 1.60. The van der Waals surface area contributed by atoms with Crippen molar-refractivity contribution in [2.24, 2.45) is 0 Å². The van der Waals surface area contributed by atoms with Crippen LogP contribution in [0.1, 0.15) is 35.8 Å². The summed E-state index contributed by atoms with van der Waals surface area (Å²) >= 11 is 1.91. The van der Waals surface area contributed by atoms with Gasteiger partial charge in [-0.1, -0.05) is 11.6 Å². The maximum atomic E-state index is 10.5. The third kappa shape index (κ3) is 2.71. The minimum atomic E-state index is -1.16. The van der Waals surface area contributed by atoms with Crippen molar-refractivity contribution in [1.82, 2.24) is 10.1 Å². The fraction of sp³-hybridized carbons (Fsp3) is 0.667. The Hall–Kier alpha value is -1.04. The summed E-state index contributed by atoms with van der Waals surface area (Å²) in [5.74, 6) is 0.205. The number of hydrogen-bond donors (Lipinski definition) is 1.